The van der Waals surface area contributed by atoms with Crippen LogP contribution in [0.1, 0.15) is 12.8 Å². The highest BCUT2D eigenvalue weighted by atomic mass is 16.5. The summed E-state index contributed by atoms with van der Waals surface area (Å²) >= 11 is 0. The second-order valence-electron chi connectivity index (χ2n) is 2.89. The first-order chi connectivity index (χ1) is 5.24. The lowest BCUT2D eigenvalue weighted by atomic mass is 10.1. The minimum Gasteiger partial charge on any atom is -0.501 e. The van der Waals surface area contributed by atoms with Gasteiger partial charge in [0.1, 0.15) is 0 Å². The van der Waals surface area contributed by atoms with Gasteiger partial charge in [0.2, 0.25) is 0 Å². The first-order valence-electron chi connectivity index (χ1n) is 3.85. The summed E-state index contributed by atoms with van der Waals surface area (Å²) in [6.45, 7) is 0. The van der Waals surface area contributed by atoms with Crippen LogP contribution in [-0.4, -0.2) is 26.1 Å². The van der Waals surface area contributed by atoms with E-state index in [2.05, 4.69) is 25.1 Å². The van der Waals surface area contributed by atoms with Crippen LogP contribution in [0.25, 0.3) is 0 Å². The van der Waals surface area contributed by atoms with E-state index < -0.39 is 0 Å². The summed E-state index contributed by atoms with van der Waals surface area (Å²) in [5, 5.41) is 0. The molecule has 0 aromatic carbocycles. The zero-order chi connectivity index (χ0) is 8.27. The van der Waals surface area contributed by atoms with E-state index in [-0.39, 0.29) is 0 Å². The second kappa shape index (κ2) is 3.46. The molecule has 62 valence electrons. The fourth-order valence-electron chi connectivity index (χ4n) is 1.15. The molecule has 0 amide bonds. The van der Waals surface area contributed by atoms with E-state index in [1.165, 1.54) is 5.70 Å². The van der Waals surface area contributed by atoms with Crippen molar-refractivity contribution in [2.75, 3.05) is 21.2 Å². The Kier molecular flexibility index (Phi) is 2.58. The number of methoxy groups -OCH3 is 1. The normalized spacial score (nSPS) is 17.0. The smallest absolute Gasteiger partial charge is 0.0959 e. The van der Waals surface area contributed by atoms with E-state index in [9.17, 15) is 0 Å². The van der Waals surface area contributed by atoms with Crippen molar-refractivity contribution < 1.29 is 4.74 Å². The molecule has 1 rings (SSSR count). The lowest BCUT2D eigenvalue weighted by Gasteiger charge is -2.20. The van der Waals surface area contributed by atoms with Crippen LogP contribution in [0.5, 0.6) is 0 Å². The summed E-state index contributed by atoms with van der Waals surface area (Å²) in [5.74, 6) is 1.08. The summed E-state index contributed by atoms with van der Waals surface area (Å²) in [4.78, 5) is 2.14. The Morgan fingerprint density at radius 2 is 2.00 bits per heavy atom. The summed E-state index contributed by atoms with van der Waals surface area (Å²) in [6.07, 6.45) is 6.27. The van der Waals surface area contributed by atoms with Crippen LogP contribution < -0.4 is 0 Å². The largest absolute Gasteiger partial charge is 0.501 e. The minimum atomic E-state index is 1.03. The van der Waals surface area contributed by atoms with Gasteiger partial charge in [-0.2, -0.15) is 0 Å². The summed E-state index contributed by atoms with van der Waals surface area (Å²) < 4.78 is 5.12. The quantitative estimate of drug-likeness (QED) is 0.599. The van der Waals surface area contributed by atoms with Crippen molar-refractivity contribution in [1.82, 2.24) is 4.90 Å². The Morgan fingerprint density at radius 3 is 2.36 bits per heavy atom. The molecule has 0 heterocycles. The van der Waals surface area contributed by atoms with E-state index in [1.807, 2.05) is 6.08 Å². The van der Waals surface area contributed by atoms with Gasteiger partial charge in [0.05, 0.1) is 12.9 Å². The first kappa shape index (κ1) is 8.18. The van der Waals surface area contributed by atoms with E-state index in [0.29, 0.717) is 0 Å². The van der Waals surface area contributed by atoms with Crippen LogP contribution in [0.3, 0.4) is 0 Å². The van der Waals surface area contributed by atoms with Gasteiger partial charge < -0.3 is 9.64 Å². The van der Waals surface area contributed by atoms with Crippen LogP contribution in [-0.2, 0) is 4.74 Å². The number of hydrogen-bond donors (Lipinski definition) is 0. The topological polar surface area (TPSA) is 12.5 Å². The number of rotatable bonds is 2. The minimum absolute atomic E-state index is 1.03. The predicted octanol–water partition coefficient (Wildman–Crippen LogP) is 1.76. The maximum absolute atomic E-state index is 5.12. The monoisotopic (exact) mass is 153 g/mol. The second-order valence-corrected chi connectivity index (χ2v) is 2.89. The van der Waals surface area contributed by atoms with Crippen LogP contribution in [0.15, 0.2) is 23.6 Å². The van der Waals surface area contributed by atoms with E-state index >= 15 is 0 Å². The molecule has 1 aliphatic rings. The third-order valence-corrected chi connectivity index (χ3v) is 1.93. The molecule has 0 bridgehead atoms. The lowest BCUT2D eigenvalue weighted by molar-refractivity contribution is 0.272. The van der Waals surface area contributed by atoms with Gasteiger partial charge in [-0.05, 0) is 18.6 Å². The number of nitrogens with zero attached hydrogens (tertiary/aromatic N) is 1. The van der Waals surface area contributed by atoms with Gasteiger partial charge in [-0.25, -0.2) is 0 Å². The van der Waals surface area contributed by atoms with E-state index in [4.69, 9.17) is 4.74 Å². The predicted molar refractivity (Wildman–Crippen MR) is 46.1 cm³/mol. The van der Waals surface area contributed by atoms with Crippen molar-refractivity contribution in [3.63, 3.8) is 0 Å². The van der Waals surface area contributed by atoms with Crippen molar-refractivity contribution >= 4 is 0 Å². The van der Waals surface area contributed by atoms with Gasteiger partial charge in [0, 0.05) is 26.2 Å². The highest BCUT2D eigenvalue weighted by Gasteiger charge is 2.06. The summed E-state index contributed by atoms with van der Waals surface area (Å²) in [5.41, 5.74) is 1.37. The maximum atomic E-state index is 5.12. The van der Waals surface area contributed by atoms with Gasteiger partial charge in [0.15, 0.2) is 0 Å². The molecular weight excluding hydrogens is 138 g/mol. The van der Waals surface area contributed by atoms with Crippen molar-refractivity contribution in [2.45, 2.75) is 12.8 Å². The Morgan fingerprint density at radius 1 is 1.27 bits per heavy atom. The van der Waals surface area contributed by atoms with Gasteiger partial charge in [-0.3, -0.25) is 0 Å². The molecule has 1 aliphatic carbocycles. The Labute approximate surface area is 68.1 Å². The number of hydrogen-bond acceptors (Lipinski definition) is 2. The molecule has 0 aromatic heterocycles. The fraction of sp³-hybridized carbons (Fsp3) is 0.556. The molecule has 0 N–H and O–H groups in total. The van der Waals surface area contributed by atoms with Gasteiger partial charge in [0.25, 0.3) is 0 Å². The molecule has 0 radical (unpaired) electrons. The highest BCUT2D eigenvalue weighted by molar-refractivity contribution is 5.19. The highest BCUT2D eigenvalue weighted by Crippen LogP contribution is 2.19. The van der Waals surface area contributed by atoms with Crippen molar-refractivity contribution in [3.8, 4) is 0 Å². The van der Waals surface area contributed by atoms with Crippen LogP contribution in [0.4, 0.5) is 0 Å². The maximum Gasteiger partial charge on any atom is 0.0959 e. The summed E-state index contributed by atoms with van der Waals surface area (Å²) in [7, 11) is 5.86. The molecule has 0 atom stereocenters. The van der Waals surface area contributed by atoms with Gasteiger partial charge in [-0.15, -0.1) is 0 Å². The molecule has 0 saturated carbocycles. The van der Waals surface area contributed by atoms with E-state index in [0.717, 1.165) is 18.6 Å². The average Bonchev–Trinajstić information content (AvgIpc) is 2.05. The van der Waals surface area contributed by atoms with Crippen molar-refractivity contribution in [2.24, 2.45) is 0 Å². The molecule has 2 nitrogen and oxygen atoms in total. The SMILES string of the molecule is COC1=CC=C(N(C)C)CC1. The first-order valence-corrected chi connectivity index (χ1v) is 3.85. The molecule has 0 unspecified atom stereocenters. The number of allylic oxidation sites excluding steroid dienone is 4. The molecular formula is C9H15NO. The fourth-order valence-corrected chi connectivity index (χ4v) is 1.15. The van der Waals surface area contributed by atoms with Gasteiger partial charge in [-0.1, -0.05) is 0 Å². The zero-order valence-electron chi connectivity index (χ0n) is 7.42. The number of ether oxygens (including phenoxy) is 1. The molecule has 0 aromatic rings. The van der Waals surface area contributed by atoms with E-state index in [1.54, 1.807) is 7.11 Å². The van der Waals surface area contributed by atoms with Gasteiger partial charge >= 0.3 is 0 Å². The van der Waals surface area contributed by atoms with Crippen LogP contribution >= 0.6 is 0 Å². The van der Waals surface area contributed by atoms with Crippen molar-refractivity contribution in [1.29, 1.82) is 0 Å². The third kappa shape index (κ3) is 2.00. The molecule has 11 heavy (non-hydrogen) atoms. The Balaban J connectivity index is 2.61. The zero-order valence-corrected chi connectivity index (χ0v) is 7.42. The molecule has 0 saturated heterocycles. The molecule has 2 heteroatoms. The summed E-state index contributed by atoms with van der Waals surface area (Å²) in [6, 6.07) is 0. The Hall–Kier alpha value is -0.920. The average molecular weight is 153 g/mol. The lowest BCUT2D eigenvalue weighted by Crippen LogP contribution is -2.12. The molecule has 0 spiro atoms. The third-order valence-electron chi connectivity index (χ3n) is 1.93. The van der Waals surface area contributed by atoms with Crippen LogP contribution in [0.2, 0.25) is 0 Å². The molecule has 0 fully saturated rings. The van der Waals surface area contributed by atoms with Crippen molar-refractivity contribution in [3.05, 3.63) is 23.6 Å². The Bertz CT molecular complexity index is 192. The van der Waals surface area contributed by atoms with Crippen LogP contribution in [0, 0.1) is 0 Å². The molecule has 0 aliphatic heterocycles. The standard InChI is InChI=1S/C9H15NO/c1-10(2)8-4-6-9(11-3)7-5-8/h4,6H,5,7H2,1-3H3.